The molecule has 0 spiro atoms. The normalized spacial score (nSPS) is 11.8. The molecule has 1 aromatic carbocycles. The Kier molecular flexibility index (Phi) is 4.88. The summed E-state index contributed by atoms with van der Waals surface area (Å²) in [6.45, 7) is 5.04. The quantitative estimate of drug-likeness (QED) is 0.781. The predicted octanol–water partition coefficient (Wildman–Crippen LogP) is 1.63. The van der Waals surface area contributed by atoms with Crippen LogP contribution in [0.3, 0.4) is 0 Å². The van der Waals surface area contributed by atoms with Crippen molar-refractivity contribution in [3.05, 3.63) is 30.1 Å². The average molecular weight is 301 g/mol. The van der Waals surface area contributed by atoms with Gasteiger partial charge in [-0.15, -0.1) is 0 Å². The van der Waals surface area contributed by atoms with E-state index in [4.69, 9.17) is 0 Å². The van der Waals surface area contributed by atoms with Gasteiger partial charge in [0.05, 0.1) is 0 Å². The highest BCUT2D eigenvalue weighted by molar-refractivity contribution is 5.92. The lowest BCUT2D eigenvalue weighted by Crippen LogP contribution is -2.33. The summed E-state index contributed by atoms with van der Waals surface area (Å²) in [5, 5.41) is 12.4. The Hall–Kier alpha value is -2.70. The molecule has 1 atom stereocenters. The Bertz CT molecular complexity index is 680. The molecule has 2 aromatic rings. The summed E-state index contributed by atoms with van der Waals surface area (Å²) in [6, 6.07) is 7.09. The van der Waals surface area contributed by atoms with Crippen molar-refractivity contribution in [2.24, 2.45) is 0 Å². The number of carbonyl (C=O) groups is 2. The van der Waals surface area contributed by atoms with E-state index in [0.717, 1.165) is 11.4 Å². The summed E-state index contributed by atoms with van der Waals surface area (Å²) in [7, 11) is 0. The number of hydrogen-bond acceptors (Lipinski definition) is 4. The maximum absolute atomic E-state index is 12.0. The third kappa shape index (κ3) is 4.41. The van der Waals surface area contributed by atoms with Gasteiger partial charge in [0, 0.05) is 30.6 Å². The van der Waals surface area contributed by atoms with E-state index in [-0.39, 0.29) is 24.3 Å². The van der Waals surface area contributed by atoms with E-state index in [1.807, 2.05) is 25.1 Å². The second-order valence-corrected chi connectivity index (χ2v) is 5.18. The maximum atomic E-state index is 12.0. The van der Waals surface area contributed by atoms with Gasteiger partial charge in [0.15, 0.2) is 5.82 Å². The number of carbonyl (C=O) groups excluding carboxylic acids is 2. The van der Waals surface area contributed by atoms with Gasteiger partial charge in [-0.2, -0.15) is 5.10 Å². The zero-order valence-electron chi connectivity index (χ0n) is 12.8. The van der Waals surface area contributed by atoms with Gasteiger partial charge in [0.2, 0.25) is 11.8 Å². The highest BCUT2D eigenvalue weighted by atomic mass is 16.2. The lowest BCUT2D eigenvalue weighted by molar-refractivity contribution is -0.120. The molecule has 0 bridgehead atoms. The van der Waals surface area contributed by atoms with Gasteiger partial charge in [-0.3, -0.25) is 14.7 Å². The Morgan fingerprint density at radius 2 is 2.14 bits per heavy atom. The van der Waals surface area contributed by atoms with Crippen molar-refractivity contribution in [2.75, 3.05) is 5.32 Å². The molecule has 1 unspecified atom stereocenters. The molecule has 0 radical (unpaired) electrons. The number of aryl methyl sites for hydroxylation is 1. The first-order valence-corrected chi connectivity index (χ1v) is 7.00. The fourth-order valence-electron chi connectivity index (χ4n) is 2.10. The largest absolute Gasteiger partial charge is 0.353 e. The van der Waals surface area contributed by atoms with Crippen LogP contribution in [-0.2, 0) is 9.59 Å². The number of H-pyrrole nitrogens is 1. The first-order chi connectivity index (χ1) is 10.4. The maximum Gasteiger partial charge on any atom is 0.226 e. The van der Waals surface area contributed by atoms with E-state index in [2.05, 4.69) is 25.8 Å². The Morgan fingerprint density at radius 3 is 2.77 bits per heavy atom. The molecule has 0 aliphatic heterocycles. The lowest BCUT2D eigenvalue weighted by Gasteiger charge is -2.12. The van der Waals surface area contributed by atoms with Crippen molar-refractivity contribution >= 4 is 17.5 Å². The fourth-order valence-corrected chi connectivity index (χ4v) is 2.10. The molecule has 7 nitrogen and oxygen atoms in total. The van der Waals surface area contributed by atoms with Gasteiger partial charge in [0.1, 0.15) is 5.82 Å². The van der Waals surface area contributed by atoms with Gasteiger partial charge in [-0.25, -0.2) is 4.98 Å². The zero-order valence-corrected chi connectivity index (χ0v) is 12.8. The summed E-state index contributed by atoms with van der Waals surface area (Å²) in [5.74, 6) is 1.00. The number of benzene rings is 1. The van der Waals surface area contributed by atoms with Gasteiger partial charge >= 0.3 is 0 Å². The molecule has 116 valence electrons. The number of rotatable bonds is 5. The fraction of sp³-hybridized carbons (Fsp3) is 0.333. The number of aromatic nitrogens is 3. The summed E-state index contributed by atoms with van der Waals surface area (Å²) in [4.78, 5) is 27.1. The van der Waals surface area contributed by atoms with Gasteiger partial charge < -0.3 is 10.6 Å². The Labute approximate surface area is 128 Å². The molecule has 0 aliphatic carbocycles. The number of aromatic amines is 1. The van der Waals surface area contributed by atoms with Crippen LogP contribution in [0.15, 0.2) is 24.3 Å². The molecular formula is C15H19N5O2. The summed E-state index contributed by atoms with van der Waals surface area (Å²) < 4.78 is 0. The van der Waals surface area contributed by atoms with Crippen LogP contribution < -0.4 is 10.6 Å². The lowest BCUT2D eigenvalue weighted by atomic mass is 10.1. The number of nitrogens with one attached hydrogen (secondary N) is 3. The van der Waals surface area contributed by atoms with Crippen LogP contribution in [0, 0.1) is 6.92 Å². The zero-order chi connectivity index (χ0) is 16.1. The smallest absolute Gasteiger partial charge is 0.226 e. The van der Waals surface area contributed by atoms with E-state index in [0.29, 0.717) is 11.5 Å². The highest BCUT2D eigenvalue weighted by Crippen LogP contribution is 2.19. The van der Waals surface area contributed by atoms with E-state index in [1.54, 1.807) is 13.0 Å². The number of anilines is 1. The number of hydrogen-bond donors (Lipinski definition) is 3. The first kappa shape index (κ1) is 15.7. The van der Waals surface area contributed by atoms with Crippen molar-refractivity contribution in [2.45, 2.75) is 33.2 Å². The Morgan fingerprint density at radius 1 is 1.36 bits per heavy atom. The van der Waals surface area contributed by atoms with Crippen LogP contribution in [0.1, 0.15) is 26.1 Å². The highest BCUT2D eigenvalue weighted by Gasteiger charge is 2.11. The van der Waals surface area contributed by atoms with E-state index in [1.165, 1.54) is 6.92 Å². The summed E-state index contributed by atoms with van der Waals surface area (Å²) in [6.07, 6.45) is 0.212. The standard InChI is InChI=1S/C15H19N5O2/c1-9(16-11(3)21)7-14(22)18-13-6-4-5-12(8-13)15-17-10(2)19-20-15/h4-6,8-9H,7H2,1-3H3,(H,16,21)(H,18,22)(H,17,19,20). The summed E-state index contributed by atoms with van der Waals surface area (Å²) >= 11 is 0. The van der Waals surface area contributed by atoms with Crippen molar-refractivity contribution in [1.29, 1.82) is 0 Å². The minimum Gasteiger partial charge on any atom is -0.353 e. The monoisotopic (exact) mass is 301 g/mol. The van der Waals surface area contributed by atoms with Crippen LogP contribution in [0.5, 0.6) is 0 Å². The van der Waals surface area contributed by atoms with Crippen LogP contribution in [0.25, 0.3) is 11.4 Å². The molecule has 3 N–H and O–H groups in total. The third-order valence-corrected chi connectivity index (χ3v) is 2.94. The summed E-state index contributed by atoms with van der Waals surface area (Å²) in [5.41, 5.74) is 1.48. The molecule has 1 heterocycles. The predicted molar refractivity (Wildman–Crippen MR) is 83.1 cm³/mol. The second kappa shape index (κ2) is 6.84. The molecule has 7 heteroatoms. The molecule has 22 heavy (non-hydrogen) atoms. The average Bonchev–Trinajstić information content (AvgIpc) is 2.84. The molecule has 0 saturated carbocycles. The van der Waals surface area contributed by atoms with Crippen LogP contribution >= 0.6 is 0 Å². The molecule has 1 aromatic heterocycles. The van der Waals surface area contributed by atoms with Gasteiger partial charge in [-0.05, 0) is 26.0 Å². The van der Waals surface area contributed by atoms with Crippen LogP contribution in [0.4, 0.5) is 5.69 Å². The minimum absolute atomic E-state index is 0.151. The molecule has 0 fully saturated rings. The number of amides is 2. The molecule has 2 rings (SSSR count). The second-order valence-electron chi connectivity index (χ2n) is 5.18. The Balaban J connectivity index is 2.01. The van der Waals surface area contributed by atoms with Gasteiger partial charge in [-0.1, -0.05) is 12.1 Å². The van der Waals surface area contributed by atoms with Gasteiger partial charge in [0.25, 0.3) is 0 Å². The molecular weight excluding hydrogens is 282 g/mol. The van der Waals surface area contributed by atoms with E-state index >= 15 is 0 Å². The molecule has 0 aliphatic rings. The van der Waals surface area contributed by atoms with Crippen molar-refractivity contribution in [1.82, 2.24) is 20.5 Å². The van der Waals surface area contributed by atoms with Crippen LogP contribution in [-0.4, -0.2) is 33.0 Å². The minimum atomic E-state index is -0.212. The SMILES string of the molecule is CC(=O)NC(C)CC(=O)Nc1cccc(-c2n[nH]c(C)n2)c1. The van der Waals surface area contributed by atoms with Crippen molar-refractivity contribution in [3.63, 3.8) is 0 Å². The van der Waals surface area contributed by atoms with Crippen molar-refractivity contribution < 1.29 is 9.59 Å². The van der Waals surface area contributed by atoms with Crippen LogP contribution in [0.2, 0.25) is 0 Å². The van der Waals surface area contributed by atoms with E-state index in [9.17, 15) is 9.59 Å². The van der Waals surface area contributed by atoms with E-state index < -0.39 is 0 Å². The molecule has 2 amide bonds. The van der Waals surface area contributed by atoms with Crippen molar-refractivity contribution in [3.8, 4) is 11.4 Å². The number of nitrogens with zero attached hydrogens (tertiary/aromatic N) is 2. The topological polar surface area (TPSA) is 99.8 Å². The third-order valence-electron chi connectivity index (χ3n) is 2.94. The first-order valence-electron chi connectivity index (χ1n) is 7.00. The molecule has 0 saturated heterocycles.